The number of hydrogen-bond donors (Lipinski definition) is 0. The lowest BCUT2D eigenvalue weighted by molar-refractivity contribution is -0.384. The summed E-state index contributed by atoms with van der Waals surface area (Å²) in [6.45, 7) is 5.07. The smallest absolute Gasteiger partial charge is 0.410 e. The van der Waals surface area contributed by atoms with Gasteiger partial charge in [0.05, 0.1) is 33.6 Å². The van der Waals surface area contributed by atoms with Crippen LogP contribution in [0.25, 0.3) is 10.9 Å². The lowest BCUT2D eigenvalue weighted by Gasteiger charge is -2.41. The zero-order chi connectivity index (χ0) is 24.7. The van der Waals surface area contributed by atoms with E-state index in [1.807, 2.05) is 0 Å². The lowest BCUT2D eigenvalue weighted by Crippen LogP contribution is -2.59. The molecule has 0 radical (unpaired) electrons. The number of halogens is 3. The Morgan fingerprint density at radius 3 is 2.61 bits per heavy atom. The normalized spacial score (nSPS) is 16.6. The van der Waals surface area contributed by atoms with Crippen LogP contribution in [0.15, 0.2) is 16.7 Å². The number of methoxy groups -OCH3 is 1. The van der Waals surface area contributed by atoms with Crippen LogP contribution >= 0.6 is 27.5 Å². The average Bonchev–Trinajstić information content (AvgIpc) is 2.74. The summed E-state index contributed by atoms with van der Waals surface area (Å²) in [4.78, 5) is 43.2. The number of fused-ring (bicyclic) bond motifs is 1. The van der Waals surface area contributed by atoms with Gasteiger partial charge in [0, 0.05) is 18.5 Å². The molecule has 0 bridgehead atoms. The van der Waals surface area contributed by atoms with Gasteiger partial charge in [0.15, 0.2) is 0 Å². The number of hydrogen-bond acceptors (Lipinski definition) is 8. The Balaban J connectivity index is 2.15. The van der Waals surface area contributed by atoms with E-state index in [1.165, 1.54) is 16.9 Å². The molecule has 1 atom stereocenters. The van der Waals surface area contributed by atoms with E-state index < -0.39 is 40.1 Å². The molecule has 0 aliphatic carbocycles. The number of aromatic nitrogens is 1. The number of carbonyl (C=O) groups is 2. The number of amides is 1. The fraction of sp³-hybridized carbons (Fsp3) is 0.450. The average molecular weight is 548 g/mol. The van der Waals surface area contributed by atoms with Gasteiger partial charge in [0.2, 0.25) is 0 Å². The molecule has 13 heteroatoms. The summed E-state index contributed by atoms with van der Waals surface area (Å²) in [7, 11) is 1.17. The second kappa shape index (κ2) is 9.26. The van der Waals surface area contributed by atoms with Gasteiger partial charge in [-0.1, -0.05) is 11.6 Å². The fourth-order valence-electron chi connectivity index (χ4n) is 3.53. The van der Waals surface area contributed by atoms with Gasteiger partial charge in [-0.15, -0.1) is 0 Å². The summed E-state index contributed by atoms with van der Waals surface area (Å²) >= 11 is 9.26. The maximum Gasteiger partial charge on any atom is 0.410 e. The highest BCUT2D eigenvalue weighted by Crippen LogP contribution is 2.42. The van der Waals surface area contributed by atoms with Crippen molar-refractivity contribution in [3.8, 4) is 0 Å². The summed E-state index contributed by atoms with van der Waals surface area (Å²) in [5.74, 6) is -1.48. The van der Waals surface area contributed by atoms with Gasteiger partial charge in [-0.05, 0) is 42.8 Å². The zero-order valence-electron chi connectivity index (χ0n) is 18.2. The van der Waals surface area contributed by atoms with Crippen molar-refractivity contribution in [3.05, 3.63) is 37.7 Å². The standard InChI is InChI=1S/C20H21BrClFN4O6/c1-20(2,3)33-19(29)25-5-6-26(13(9-25)18(28)32-4)17-10-7-11(23)14(21)15(22)16(10)24-8-12(17)27(30)31/h7-8,13H,5-6,9H2,1-4H3/t13-/m1/s1. The molecule has 1 aromatic carbocycles. The third kappa shape index (κ3) is 4.96. The molecule has 178 valence electrons. The highest BCUT2D eigenvalue weighted by Gasteiger charge is 2.40. The Bertz CT molecular complexity index is 1140. The maximum atomic E-state index is 14.5. The Labute approximate surface area is 201 Å². The van der Waals surface area contributed by atoms with E-state index in [1.54, 1.807) is 20.8 Å². The Morgan fingerprint density at radius 1 is 1.36 bits per heavy atom. The summed E-state index contributed by atoms with van der Waals surface area (Å²) in [5.41, 5.74) is -1.13. The van der Waals surface area contributed by atoms with E-state index in [4.69, 9.17) is 21.1 Å². The topological polar surface area (TPSA) is 115 Å². The molecule has 1 aliphatic rings. The SMILES string of the molecule is COC(=O)[C@H]1CN(C(=O)OC(C)(C)C)CCN1c1c([N+](=O)[O-])cnc2c(Cl)c(Br)c(F)cc12. The van der Waals surface area contributed by atoms with Gasteiger partial charge in [-0.2, -0.15) is 0 Å². The van der Waals surface area contributed by atoms with E-state index in [2.05, 4.69) is 20.9 Å². The predicted molar refractivity (Wildman–Crippen MR) is 122 cm³/mol. The first-order chi connectivity index (χ1) is 15.4. The predicted octanol–water partition coefficient (Wildman–Crippen LogP) is 4.30. The van der Waals surface area contributed by atoms with E-state index in [9.17, 15) is 24.1 Å². The van der Waals surface area contributed by atoms with Gasteiger partial charge in [-0.3, -0.25) is 10.1 Å². The van der Waals surface area contributed by atoms with Crippen LogP contribution in [0.1, 0.15) is 20.8 Å². The van der Waals surface area contributed by atoms with Gasteiger partial charge < -0.3 is 19.3 Å². The van der Waals surface area contributed by atoms with Gasteiger partial charge in [-0.25, -0.2) is 19.0 Å². The van der Waals surface area contributed by atoms with Gasteiger partial charge in [0.1, 0.15) is 29.3 Å². The van der Waals surface area contributed by atoms with Crippen LogP contribution in [-0.2, 0) is 14.3 Å². The molecule has 0 spiro atoms. The molecular formula is C20H21BrClFN4O6. The molecule has 1 aliphatic heterocycles. The van der Waals surface area contributed by atoms with Gasteiger partial charge in [0.25, 0.3) is 0 Å². The molecule has 0 unspecified atom stereocenters. The highest BCUT2D eigenvalue weighted by molar-refractivity contribution is 9.10. The van der Waals surface area contributed by atoms with Crippen molar-refractivity contribution in [1.29, 1.82) is 0 Å². The molecule has 1 saturated heterocycles. The van der Waals surface area contributed by atoms with Crippen LogP contribution in [0, 0.1) is 15.9 Å². The first kappa shape index (κ1) is 24.9. The quantitative estimate of drug-likeness (QED) is 0.242. The van der Waals surface area contributed by atoms with Crippen LogP contribution < -0.4 is 4.90 Å². The Hall–Kier alpha value is -2.73. The molecule has 2 aromatic rings. The molecule has 2 heterocycles. The minimum atomic E-state index is -1.12. The van der Waals surface area contributed by atoms with Crippen molar-refractivity contribution in [2.75, 3.05) is 31.6 Å². The number of piperazine rings is 1. The number of pyridine rings is 1. The Kier molecular flexibility index (Phi) is 6.99. The zero-order valence-corrected chi connectivity index (χ0v) is 20.6. The second-order valence-corrected chi connectivity index (χ2v) is 9.46. The summed E-state index contributed by atoms with van der Waals surface area (Å²) in [5, 5.41) is 11.8. The molecule has 10 nitrogen and oxygen atoms in total. The number of benzene rings is 1. The third-order valence-electron chi connectivity index (χ3n) is 4.94. The number of nitrogens with zero attached hydrogens (tertiary/aromatic N) is 4. The molecular weight excluding hydrogens is 527 g/mol. The molecule has 0 N–H and O–H groups in total. The van der Waals surface area contributed by atoms with E-state index in [0.717, 1.165) is 12.3 Å². The molecule has 1 aromatic heterocycles. The van der Waals surface area contributed by atoms with Crippen molar-refractivity contribution >= 4 is 61.9 Å². The van der Waals surface area contributed by atoms with Crippen LogP contribution in [0.2, 0.25) is 5.02 Å². The first-order valence-corrected chi connectivity index (χ1v) is 11.0. The minimum Gasteiger partial charge on any atom is -0.467 e. The summed E-state index contributed by atoms with van der Waals surface area (Å²) in [6, 6.07) is -0.0547. The van der Waals surface area contributed by atoms with Crippen molar-refractivity contribution in [3.63, 3.8) is 0 Å². The van der Waals surface area contributed by atoms with Crippen molar-refractivity contribution in [1.82, 2.24) is 9.88 Å². The molecule has 33 heavy (non-hydrogen) atoms. The number of rotatable bonds is 3. The van der Waals surface area contributed by atoms with Gasteiger partial charge >= 0.3 is 17.7 Å². The number of anilines is 1. The first-order valence-electron chi connectivity index (χ1n) is 9.78. The van der Waals surface area contributed by atoms with Crippen LogP contribution in [0.4, 0.5) is 20.6 Å². The molecule has 1 amide bonds. The molecule has 3 rings (SSSR count). The van der Waals surface area contributed by atoms with Crippen LogP contribution in [-0.4, -0.2) is 65.3 Å². The third-order valence-corrected chi connectivity index (χ3v) is 6.31. The minimum absolute atomic E-state index is 0.00820. The highest BCUT2D eigenvalue weighted by atomic mass is 79.9. The fourth-order valence-corrected chi connectivity index (χ4v) is 4.08. The molecule has 0 saturated carbocycles. The number of carbonyl (C=O) groups excluding carboxylic acids is 2. The number of ether oxygens (including phenoxy) is 2. The van der Waals surface area contributed by atoms with E-state index >= 15 is 0 Å². The largest absolute Gasteiger partial charge is 0.467 e. The lowest BCUT2D eigenvalue weighted by atomic mass is 10.1. The monoisotopic (exact) mass is 546 g/mol. The van der Waals surface area contributed by atoms with Crippen molar-refractivity contribution in [2.45, 2.75) is 32.4 Å². The van der Waals surface area contributed by atoms with Crippen LogP contribution in [0.5, 0.6) is 0 Å². The second-order valence-electron chi connectivity index (χ2n) is 8.29. The summed E-state index contributed by atoms with van der Waals surface area (Å²) in [6.07, 6.45) is 0.366. The number of esters is 1. The number of nitro groups is 1. The molecule has 1 fully saturated rings. The van der Waals surface area contributed by atoms with Crippen LogP contribution in [0.3, 0.4) is 0 Å². The van der Waals surface area contributed by atoms with E-state index in [0.29, 0.717) is 0 Å². The van der Waals surface area contributed by atoms with Crippen molar-refractivity contribution in [2.24, 2.45) is 0 Å². The Morgan fingerprint density at radius 2 is 2.03 bits per heavy atom. The maximum absolute atomic E-state index is 14.5. The van der Waals surface area contributed by atoms with E-state index in [-0.39, 0.29) is 45.7 Å². The summed E-state index contributed by atoms with van der Waals surface area (Å²) < 4.78 is 24.8. The van der Waals surface area contributed by atoms with Crippen molar-refractivity contribution < 1.29 is 28.4 Å².